The van der Waals surface area contributed by atoms with E-state index in [4.69, 9.17) is 17.0 Å². The Morgan fingerprint density at radius 3 is 2.62 bits per heavy atom. The minimum Gasteiger partial charge on any atom is -0.385 e. The van der Waals surface area contributed by atoms with Crippen LogP contribution >= 0.6 is 12.2 Å². The molecule has 2 atom stereocenters. The van der Waals surface area contributed by atoms with Crippen molar-refractivity contribution in [3.05, 3.63) is 47.2 Å². The summed E-state index contributed by atoms with van der Waals surface area (Å²) in [7, 11) is 1.59. The molecule has 0 aliphatic carbocycles. The monoisotopic (exact) mass is 498 g/mol. The van der Waals surface area contributed by atoms with Gasteiger partial charge in [-0.3, -0.25) is 15.6 Å². The number of hydrogen-bond donors (Lipinski definition) is 4. The predicted molar refractivity (Wildman–Crippen MR) is 127 cm³/mol. The average Bonchev–Trinajstić information content (AvgIpc) is 3.23. The van der Waals surface area contributed by atoms with E-state index in [1.165, 1.54) is 6.07 Å². The number of amides is 1. The zero-order valence-electron chi connectivity index (χ0n) is 19.2. The number of thiocarbonyl (C=S) groups is 1. The molecule has 1 aliphatic rings. The van der Waals surface area contributed by atoms with Crippen LogP contribution in [0.25, 0.3) is 0 Å². The molecule has 4 N–H and O–H groups in total. The number of nitrogens with one attached hydrogen (secondary N) is 4. The normalized spacial score (nSPS) is 17.6. The number of halogens is 3. The van der Waals surface area contributed by atoms with Crippen LogP contribution in [0.1, 0.15) is 66.3 Å². The molecule has 0 radical (unpaired) electrons. The highest BCUT2D eigenvalue weighted by atomic mass is 32.1. The lowest BCUT2D eigenvalue weighted by Gasteiger charge is -2.33. The number of carbonyl (C=O) groups excluding carboxylic acids is 1. The minimum atomic E-state index is -4.53. The number of aromatic nitrogens is 2. The van der Waals surface area contributed by atoms with Crippen molar-refractivity contribution in [1.82, 2.24) is 25.9 Å². The molecule has 1 aliphatic heterocycles. The van der Waals surface area contributed by atoms with Gasteiger partial charge in [-0.05, 0) is 35.7 Å². The van der Waals surface area contributed by atoms with Crippen molar-refractivity contribution < 1.29 is 22.7 Å². The fraction of sp³-hybridized carbons (Fsp3) is 0.500. The van der Waals surface area contributed by atoms with Crippen molar-refractivity contribution in [2.45, 2.75) is 50.9 Å². The topological polar surface area (TPSA) is 92.2 Å². The van der Waals surface area contributed by atoms with Gasteiger partial charge in [0.15, 0.2) is 16.8 Å². The lowest BCUT2D eigenvalue weighted by atomic mass is 9.94. The predicted octanol–water partition coefficient (Wildman–Crippen LogP) is 3.81. The molecule has 1 aromatic heterocycles. The maximum atomic E-state index is 13.9. The third kappa shape index (κ3) is 6.38. The molecule has 3 rings (SSSR count). The molecule has 2 heterocycles. The fourth-order valence-corrected chi connectivity index (χ4v) is 3.81. The lowest BCUT2D eigenvalue weighted by Crippen LogP contribution is -2.47. The van der Waals surface area contributed by atoms with Crippen LogP contribution in [0.5, 0.6) is 0 Å². The van der Waals surface area contributed by atoms with E-state index in [0.29, 0.717) is 25.5 Å². The molecule has 0 unspecified atom stereocenters. The van der Waals surface area contributed by atoms with Crippen LogP contribution in [0.15, 0.2) is 30.3 Å². The van der Waals surface area contributed by atoms with Crippen LogP contribution in [0.3, 0.4) is 0 Å². The highest BCUT2D eigenvalue weighted by Crippen LogP contribution is 2.43. The highest BCUT2D eigenvalue weighted by Gasteiger charge is 2.46. The first kappa shape index (κ1) is 25.8. The van der Waals surface area contributed by atoms with Crippen molar-refractivity contribution in [1.29, 1.82) is 0 Å². The Balaban J connectivity index is 1.72. The first-order valence-electron chi connectivity index (χ1n) is 11.0. The molecule has 186 valence electrons. The van der Waals surface area contributed by atoms with Crippen LogP contribution in [0, 0.1) is 0 Å². The van der Waals surface area contributed by atoms with Gasteiger partial charge >= 0.3 is 6.18 Å². The molecule has 0 spiro atoms. The van der Waals surface area contributed by atoms with E-state index in [1.54, 1.807) is 7.11 Å². The van der Waals surface area contributed by atoms with Gasteiger partial charge in [0.1, 0.15) is 5.82 Å². The van der Waals surface area contributed by atoms with Crippen LogP contribution in [-0.4, -0.2) is 47.2 Å². The number of benzene rings is 1. The Bertz CT molecular complexity index is 994. The van der Waals surface area contributed by atoms with Crippen LogP contribution in [-0.2, 0) is 4.74 Å². The highest BCUT2D eigenvalue weighted by molar-refractivity contribution is 7.80. The van der Waals surface area contributed by atoms with Crippen LogP contribution in [0.4, 0.5) is 19.0 Å². The van der Waals surface area contributed by atoms with Gasteiger partial charge in [0, 0.05) is 32.7 Å². The van der Waals surface area contributed by atoms with Crippen molar-refractivity contribution >= 4 is 29.1 Å². The number of nitrogens with zero attached hydrogens (tertiary/aromatic N) is 2. The molecule has 1 amide bonds. The number of rotatable bonds is 7. The maximum Gasteiger partial charge on any atom is 0.410 e. The lowest BCUT2D eigenvalue weighted by molar-refractivity contribution is -0.173. The summed E-state index contributed by atoms with van der Waals surface area (Å²) >= 11 is 5.06. The summed E-state index contributed by atoms with van der Waals surface area (Å²) in [5.74, 6) is -0.263. The molecule has 0 bridgehead atoms. The van der Waals surface area contributed by atoms with Crippen molar-refractivity contribution in [3.63, 3.8) is 0 Å². The van der Waals surface area contributed by atoms with Crippen molar-refractivity contribution in [2.24, 2.45) is 0 Å². The summed E-state index contributed by atoms with van der Waals surface area (Å²) in [6.45, 7) is 5.19. The summed E-state index contributed by atoms with van der Waals surface area (Å²) in [4.78, 5) is 12.5. The third-order valence-electron chi connectivity index (χ3n) is 5.53. The second kappa shape index (κ2) is 11.0. The standard InChI is InChI=1S/C22H29F3N6O2S/c1-13(2)14-5-7-15(8-6-14)16-11-18(22(23,24)25)31-19(27-16)12-17(30-31)20(32)28-29-21(34)26-9-4-10-33-3/h5-8,12-13,16,18,27H,4,9-11H2,1-3H3,(H,28,32)(H2,26,29,34)/t16-,18-/m1/s1. The van der Waals surface area contributed by atoms with E-state index < -0.39 is 24.2 Å². The third-order valence-corrected chi connectivity index (χ3v) is 5.77. The van der Waals surface area contributed by atoms with Gasteiger partial charge in [0.25, 0.3) is 5.91 Å². The van der Waals surface area contributed by atoms with E-state index in [-0.39, 0.29) is 23.0 Å². The number of alkyl halides is 3. The van der Waals surface area contributed by atoms with E-state index in [9.17, 15) is 18.0 Å². The molecule has 0 saturated carbocycles. The fourth-order valence-electron chi connectivity index (χ4n) is 3.66. The quantitative estimate of drug-likeness (QED) is 0.262. The number of anilines is 1. The number of carbonyl (C=O) groups is 1. The van der Waals surface area contributed by atoms with Gasteiger partial charge in [-0.25, -0.2) is 4.68 Å². The largest absolute Gasteiger partial charge is 0.410 e. The van der Waals surface area contributed by atoms with Gasteiger partial charge in [0.2, 0.25) is 0 Å². The first-order valence-corrected chi connectivity index (χ1v) is 11.4. The van der Waals surface area contributed by atoms with Gasteiger partial charge in [-0.1, -0.05) is 38.1 Å². The van der Waals surface area contributed by atoms with E-state index in [0.717, 1.165) is 15.8 Å². The summed E-state index contributed by atoms with van der Waals surface area (Å²) < 4.78 is 47.4. The molecule has 0 saturated heterocycles. The Morgan fingerprint density at radius 1 is 1.29 bits per heavy atom. The van der Waals surface area contributed by atoms with Crippen molar-refractivity contribution in [2.75, 3.05) is 25.6 Å². The van der Waals surface area contributed by atoms with Gasteiger partial charge in [0.05, 0.1) is 6.04 Å². The van der Waals surface area contributed by atoms with E-state index in [1.807, 2.05) is 24.3 Å². The Kier molecular flexibility index (Phi) is 8.37. The summed E-state index contributed by atoms with van der Waals surface area (Å²) in [6, 6.07) is 6.39. The van der Waals surface area contributed by atoms with Crippen LogP contribution < -0.4 is 21.5 Å². The zero-order valence-corrected chi connectivity index (χ0v) is 20.0. The van der Waals surface area contributed by atoms with E-state index >= 15 is 0 Å². The number of methoxy groups -OCH3 is 1. The Morgan fingerprint density at radius 2 is 2.00 bits per heavy atom. The zero-order chi connectivity index (χ0) is 24.9. The molecule has 0 fully saturated rings. The number of hydrogen-bond acceptors (Lipinski definition) is 5. The second-order valence-electron chi connectivity index (χ2n) is 8.35. The molecule has 34 heavy (non-hydrogen) atoms. The average molecular weight is 499 g/mol. The number of hydrazine groups is 1. The van der Waals surface area contributed by atoms with Gasteiger partial charge in [-0.15, -0.1) is 0 Å². The minimum absolute atomic E-state index is 0.122. The first-order chi connectivity index (χ1) is 16.1. The Labute approximate surface area is 201 Å². The second-order valence-corrected chi connectivity index (χ2v) is 8.76. The molecule has 8 nitrogen and oxygen atoms in total. The van der Waals surface area contributed by atoms with Crippen LogP contribution in [0.2, 0.25) is 0 Å². The van der Waals surface area contributed by atoms with Crippen molar-refractivity contribution in [3.8, 4) is 0 Å². The molecule has 2 aromatic rings. The molecule has 1 aromatic carbocycles. The molecular weight excluding hydrogens is 469 g/mol. The summed E-state index contributed by atoms with van der Waals surface area (Å²) in [6.07, 6.45) is -4.06. The summed E-state index contributed by atoms with van der Waals surface area (Å²) in [5.41, 5.74) is 6.55. The Hall–Kier alpha value is -2.86. The number of ether oxygens (including phenoxy) is 1. The maximum absolute atomic E-state index is 13.9. The smallest absolute Gasteiger partial charge is 0.385 e. The van der Waals surface area contributed by atoms with Gasteiger partial charge < -0.3 is 15.4 Å². The molecular formula is C22H29F3N6O2S. The SMILES string of the molecule is COCCCNC(=S)NNC(=O)c1cc2n(n1)[C@@H](C(F)(F)F)C[C@H](c1ccc(C(C)C)cc1)N2. The number of fused-ring (bicyclic) bond motifs is 1. The van der Waals surface area contributed by atoms with E-state index in [2.05, 4.69) is 40.4 Å². The summed E-state index contributed by atoms with van der Waals surface area (Å²) in [5, 5.41) is 10.1. The van der Waals surface area contributed by atoms with Gasteiger partial charge in [-0.2, -0.15) is 18.3 Å². The molecule has 12 heteroatoms.